The Kier molecular flexibility index (Phi) is 3.44. The van der Waals surface area contributed by atoms with E-state index in [1.54, 1.807) is 11.3 Å². The van der Waals surface area contributed by atoms with Gasteiger partial charge in [0.05, 0.1) is 5.56 Å². The molecule has 0 aliphatic heterocycles. The Morgan fingerprint density at radius 2 is 2.35 bits per heavy atom. The van der Waals surface area contributed by atoms with Gasteiger partial charge in [0.25, 0.3) is 0 Å². The van der Waals surface area contributed by atoms with E-state index in [0.717, 1.165) is 37.2 Å². The summed E-state index contributed by atoms with van der Waals surface area (Å²) in [5.74, 6) is 0.920. The predicted octanol–water partition coefficient (Wildman–Crippen LogP) is 2.55. The van der Waals surface area contributed by atoms with E-state index in [0.29, 0.717) is 0 Å². The molecule has 5 heteroatoms. The van der Waals surface area contributed by atoms with E-state index in [1.807, 2.05) is 7.05 Å². The number of nitrogen functional groups attached to an aromatic ring is 1. The van der Waals surface area contributed by atoms with E-state index in [2.05, 4.69) is 27.8 Å². The maximum absolute atomic E-state index is 7.80. The summed E-state index contributed by atoms with van der Waals surface area (Å²) in [6, 6.07) is 4.17. The van der Waals surface area contributed by atoms with Crippen molar-refractivity contribution in [2.45, 2.75) is 25.8 Å². The first-order chi connectivity index (χ1) is 9.65. The summed E-state index contributed by atoms with van der Waals surface area (Å²) in [5, 5.41) is 12.0. The highest BCUT2D eigenvalue weighted by Crippen LogP contribution is 2.27. The molecule has 0 amide bonds. The van der Waals surface area contributed by atoms with E-state index in [9.17, 15) is 0 Å². The third kappa shape index (κ3) is 2.41. The van der Waals surface area contributed by atoms with Crippen LogP contribution in [-0.2, 0) is 19.4 Å². The minimum absolute atomic E-state index is 0.0966. The van der Waals surface area contributed by atoms with E-state index >= 15 is 0 Å². The predicted molar refractivity (Wildman–Crippen MR) is 83.7 cm³/mol. The second kappa shape index (κ2) is 5.25. The lowest BCUT2D eigenvalue weighted by Gasteiger charge is -2.21. The highest BCUT2D eigenvalue weighted by atomic mass is 32.1. The van der Waals surface area contributed by atoms with Crippen molar-refractivity contribution in [1.82, 2.24) is 4.98 Å². The number of pyridine rings is 1. The van der Waals surface area contributed by atoms with Crippen LogP contribution in [0.3, 0.4) is 0 Å². The molecule has 20 heavy (non-hydrogen) atoms. The highest BCUT2D eigenvalue weighted by Gasteiger charge is 2.19. The van der Waals surface area contributed by atoms with Crippen LogP contribution >= 0.6 is 11.3 Å². The molecule has 0 radical (unpaired) electrons. The van der Waals surface area contributed by atoms with Crippen LogP contribution in [0.2, 0.25) is 0 Å². The molecular weight excluding hydrogens is 268 g/mol. The molecule has 104 valence electrons. The maximum Gasteiger partial charge on any atom is 0.139 e. The van der Waals surface area contributed by atoms with Crippen LogP contribution in [0.15, 0.2) is 22.9 Å². The first-order valence-corrected chi connectivity index (χ1v) is 7.69. The number of hydrogen-bond donors (Lipinski definition) is 2. The average Bonchev–Trinajstić information content (AvgIpc) is 3.06. The van der Waals surface area contributed by atoms with Gasteiger partial charge in [0.15, 0.2) is 0 Å². The smallest absolute Gasteiger partial charge is 0.139 e. The van der Waals surface area contributed by atoms with Gasteiger partial charge >= 0.3 is 0 Å². The molecule has 0 atom stereocenters. The Morgan fingerprint density at radius 3 is 3.05 bits per heavy atom. The molecule has 0 spiro atoms. The van der Waals surface area contributed by atoms with Crippen LogP contribution in [0.4, 0.5) is 5.82 Å². The molecule has 2 heterocycles. The molecular formula is C15H18N4S. The minimum Gasteiger partial charge on any atom is -0.384 e. The van der Waals surface area contributed by atoms with Crippen molar-refractivity contribution >= 4 is 23.0 Å². The average molecular weight is 286 g/mol. The molecule has 1 aliphatic carbocycles. The third-order valence-electron chi connectivity index (χ3n) is 3.68. The molecule has 3 rings (SSSR count). The molecule has 0 bridgehead atoms. The first-order valence-electron chi connectivity index (χ1n) is 6.74. The molecule has 0 aromatic carbocycles. The van der Waals surface area contributed by atoms with Crippen LogP contribution in [0.5, 0.6) is 0 Å². The van der Waals surface area contributed by atoms with Gasteiger partial charge in [-0.3, -0.25) is 5.41 Å². The van der Waals surface area contributed by atoms with Crippen molar-refractivity contribution in [1.29, 1.82) is 5.41 Å². The van der Waals surface area contributed by atoms with Crippen LogP contribution in [0, 0.1) is 5.41 Å². The maximum atomic E-state index is 7.80. The van der Waals surface area contributed by atoms with Crippen molar-refractivity contribution in [3.8, 4) is 0 Å². The molecule has 0 unspecified atom stereocenters. The number of aryl methyl sites for hydroxylation is 2. The lowest BCUT2D eigenvalue weighted by atomic mass is 10.1. The topological polar surface area (TPSA) is 66.0 Å². The van der Waals surface area contributed by atoms with Gasteiger partial charge in [0.1, 0.15) is 11.7 Å². The van der Waals surface area contributed by atoms with E-state index in [4.69, 9.17) is 16.1 Å². The third-order valence-corrected chi connectivity index (χ3v) is 4.41. The summed E-state index contributed by atoms with van der Waals surface area (Å²) in [6.07, 6.45) is 3.24. The van der Waals surface area contributed by atoms with Gasteiger partial charge < -0.3 is 10.6 Å². The lowest BCUT2D eigenvalue weighted by Crippen LogP contribution is -2.24. The number of rotatable bonds is 4. The standard InChI is InChI=1S/C15H18N4S/c1-19(8-10-5-6-20-9-10)15-12(14(16)17)7-11-3-2-4-13(11)18-15/h5-7,9H,2-4,8H2,1H3,(H3,16,17). The molecule has 0 saturated carbocycles. The Morgan fingerprint density at radius 1 is 1.50 bits per heavy atom. The quantitative estimate of drug-likeness (QED) is 0.670. The number of nitrogens with one attached hydrogen (secondary N) is 1. The van der Waals surface area contributed by atoms with Crippen LogP contribution in [0.25, 0.3) is 0 Å². The molecule has 3 N–H and O–H groups in total. The minimum atomic E-state index is 0.0966. The van der Waals surface area contributed by atoms with Gasteiger partial charge in [0, 0.05) is 19.3 Å². The Balaban J connectivity index is 1.96. The normalized spacial score (nSPS) is 13.2. The monoisotopic (exact) mass is 286 g/mol. The van der Waals surface area contributed by atoms with Crippen molar-refractivity contribution in [3.63, 3.8) is 0 Å². The van der Waals surface area contributed by atoms with Gasteiger partial charge in [-0.2, -0.15) is 11.3 Å². The van der Waals surface area contributed by atoms with E-state index < -0.39 is 0 Å². The Hall–Kier alpha value is -1.88. The van der Waals surface area contributed by atoms with Crippen molar-refractivity contribution < 1.29 is 0 Å². The van der Waals surface area contributed by atoms with Gasteiger partial charge in [0.2, 0.25) is 0 Å². The number of hydrogen-bond acceptors (Lipinski definition) is 4. The van der Waals surface area contributed by atoms with Gasteiger partial charge in [-0.05, 0) is 53.3 Å². The molecule has 4 nitrogen and oxygen atoms in total. The first kappa shape index (κ1) is 13.1. The second-order valence-corrected chi connectivity index (χ2v) is 6.00. The van der Waals surface area contributed by atoms with E-state index in [1.165, 1.54) is 16.8 Å². The number of amidine groups is 1. The largest absolute Gasteiger partial charge is 0.384 e. The second-order valence-electron chi connectivity index (χ2n) is 5.22. The number of fused-ring (bicyclic) bond motifs is 1. The molecule has 2 aromatic heterocycles. The van der Waals surface area contributed by atoms with Crippen molar-refractivity contribution in [2.24, 2.45) is 5.73 Å². The Labute approximate surface area is 122 Å². The fraction of sp³-hybridized carbons (Fsp3) is 0.333. The summed E-state index contributed by atoms with van der Waals surface area (Å²) in [6.45, 7) is 0.787. The zero-order chi connectivity index (χ0) is 14.1. The number of nitrogens with zero attached hydrogens (tertiary/aromatic N) is 2. The lowest BCUT2D eigenvalue weighted by molar-refractivity contribution is 0.874. The fourth-order valence-corrected chi connectivity index (χ4v) is 3.34. The summed E-state index contributed by atoms with van der Waals surface area (Å²) >= 11 is 1.69. The molecule has 0 fully saturated rings. The van der Waals surface area contributed by atoms with Crippen LogP contribution in [-0.4, -0.2) is 17.9 Å². The van der Waals surface area contributed by atoms with Crippen LogP contribution < -0.4 is 10.6 Å². The number of aromatic nitrogens is 1. The molecule has 0 saturated heterocycles. The summed E-state index contributed by atoms with van der Waals surface area (Å²) < 4.78 is 0. The number of thiophene rings is 1. The number of nitrogens with two attached hydrogens (primary N) is 1. The van der Waals surface area contributed by atoms with Crippen molar-refractivity contribution in [3.05, 3.63) is 45.3 Å². The molecule has 1 aliphatic rings. The SMILES string of the molecule is CN(Cc1ccsc1)c1nc2c(cc1C(=N)N)CCC2. The Bertz CT molecular complexity index is 634. The molecule has 2 aromatic rings. The zero-order valence-corrected chi connectivity index (χ0v) is 12.3. The highest BCUT2D eigenvalue weighted by molar-refractivity contribution is 7.07. The number of anilines is 1. The fourth-order valence-electron chi connectivity index (χ4n) is 2.68. The summed E-state index contributed by atoms with van der Waals surface area (Å²) in [4.78, 5) is 6.84. The zero-order valence-electron chi connectivity index (χ0n) is 11.5. The van der Waals surface area contributed by atoms with Crippen molar-refractivity contribution in [2.75, 3.05) is 11.9 Å². The van der Waals surface area contributed by atoms with Gasteiger partial charge in [-0.25, -0.2) is 4.98 Å². The van der Waals surface area contributed by atoms with E-state index in [-0.39, 0.29) is 5.84 Å². The van der Waals surface area contributed by atoms with Gasteiger partial charge in [-0.15, -0.1) is 0 Å². The summed E-state index contributed by atoms with van der Waals surface area (Å²) in [7, 11) is 2.01. The van der Waals surface area contributed by atoms with Crippen LogP contribution in [0.1, 0.15) is 28.8 Å². The van der Waals surface area contributed by atoms with Gasteiger partial charge in [-0.1, -0.05) is 0 Å². The summed E-state index contributed by atoms with van der Waals surface area (Å²) in [5.41, 5.74) is 10.2.